The summed E-state index contributed by atoms with van der Waals surface area (Å²) in [6.45, 7) is 1.20. The van der Waals surface area contributed by atoms with Crippen molar-refractivity contribution in [1.82, 2.24) is 5.32 Å². The Morgan fingerprint density at radius 3 is 2.63 bits per heavy atom. The number of amides is 1. The van der Waals surface area contributed by atoms with Crippen molar-refractivity contribution in [1.29, 1.82) is 0 Å². The lowest BCUT2D eigenvalue weighted by atomic mass is 10.0. The number of benzodiazepines with no additional fused rings is 1. The van der Waals surface area contributed by atoms with Gasteiger partial charge in [0, 0.05) is 30.4 Å². The molecule has 2 aromatic rings. The summed E-state index contributed by atoms with van der Waals surface area (Å²) < 4.78 is 0. The molecule has 1 aliphatic heterocycles. The van der Waals surface area contributed by atoms with Gasteiger partial charge in [-0.1, -0.05) is 36.4 Å². The normalized spacial score (nSPS) is 13.7. The molecular weight excluding hydrogens is 342 g/mol. The van der Waals surface area contributed by atoms with Crippen LogP contribution in [0.1, 0.15) is 21.5 Å². The molecule has 1 amide bonds. The second-order valence-corrected chi connectivity index (χ2v) is 6.24. The van der Waals surface area contributed by atoms with Gasteiger partial charge < -0.3 is 15.3 Å². The van der Waals surface area contributed by atoms with E-state index in [4.69, 9.17) is 5.11 Å². The summed E-state index contributed by atoms with van der Waals surface area (Å²) in [5, 5.41) is 11.0. The highest BCUT2D eigenvalue weighted by Gasteiger charge is 2.13. The smallest absolute Gasteiger partial charge is 0.322 e. The molecule has 0 fully saturated rings. The van der Waals surface area contributed by atoms with Gasteiger partial charge in [-0.15, -0.1) is 0 Å². The summed E-state index contributed by atoms with van der Waals surface area (Å²) in [7, 11) is 2.06. The Kier molecular flexibility index (Phi) is 5.66. The molecule has 6 heteroatoms. The summed E-state index contributed by atoms with van der Waals surface area (Å²) in [5.74, 6) is -1.48. The van der Waals surface area contributed by atoms with Crippen molar-refractivity contribution in [3.05, 3.63) is 71.3 Å². The third-order valence-electron chi connectivity index (χ3n) is 4.32. The molecule has 0 saturated carbocycles. The number of likely N-dealkylation sites (N-methyl/N-ethyl adjacent to an activating group) is 1. The Balaban J connectivity index is 1.74. The van der Waals surface area contributed by atoms with Crippen LogP contribution < -0.4 is 10.2 Å². The van der Waals surface area contributed by atoms with E-state index in [0.29, 0.717) is 5.56 Å². The number of hydrogen-bond acceptors (Lipinski definition) is 4. The number of carbonyl (C=O) groups is 2. The Morgan fingerprint density at radius 2 is 1.89 bits per heavy atom. The molecule has 6 nitrogen and oxygen atoms in total. The van der Waals surface area contributed by atoms with Gasteiger partial charge in [0.2, 0.25) is 0 Å². The van der Waals surface area contributed by atoms with Crippen LogP contribution in [-0.2, 0) is 4.79 Å². The summed E-state index contributed by atoms with van der Waals surface area (Å²) in [6, 6.07) is 15.2. The number of aliphatic carboxylic acids is 1. The number of carboxylic acid groups (broad SMARTS) is 1. The molecule has 0 spiro atoms. The first-order valence-corrected chi connectivity index (χ1v) is 8.68. The maximum atomic E-state index is 11.9. The molecule has 0 aliphatic carbocycles. The van der Waals surface area contributed by atoms with Crippen LogP contribution in [0, 0.1) is 0 Å². The summed E-state index contributed by atoms with van der Waals surface area (Å²) in [4.78, 5) is 29.3. The third kappa shape index (κ3) is 4.61. The molecule has 0 atom stereocenters. The lowest BCUT2D eigenvalue weighted by Gasteiger charge is -2.18. The molecule has 0 aromatic heterocycles. The van der Waals surface area contributed by atoms with Crippen LogP contribution in [0.2, 0.25) is 0 Å². The number of nitrogens with zero attached hydrogens (tertiary/aromatic N) is 2. The fourth-order valence-corrected chi connectivity index (χ4v) is 2.87. The number of hydrogen-bond donors (Lipinski definition) is 2. The monoisotopic (exact) mass is 363 g/mol. The van der Waals surface area contributed by atoms with E-state index in [0.717, 1.165) is 35.6 Å². The van der Waals surface area contributed by atoms with Crippen LogP contribution in [0.5, 0.6) is 0 Å². The maximum Gasteiger partial charge on any atom is 0.322 e. The number of aliphatic imine (C=N–C) groups is 1. The van der Waals surface area contributed by atoms with Crippen LogP contribution in [0.3, 0.4) is 0 Å². The van der Waals surface area contributed by atoms with E-state index >= 15 is 0 Å². The number of anilines is 1. The van der Waals surface area contributed by atoms with E-state index < -0.39 is 18.4 Å². The molecule has 27 heavy (non-hydrogen) atoms. The minimum atomic E-state index is -1.07. The molecule has 3 rings (SSSR count). The largest absolute Gasteiger partial charge is 0.480 e. The second kappa shape index (κ2) is 8.31. The molecule has 1 heterocycles. The van der Waals surface area contributed by atoms with Gasteiger partial charge in [0.1, 0.15) is 6.54 Å². The van der Waals surface area contributed by atoms with Crippen molar-refractivity contribution >= 4 is 29.4 Å². The standard InChI is InChI=1S/C21H21N3O3/c1-24-13-12-22-18(17-4-2-3-5-19(17)24)11-8-15-6-9-16(10-7-15)21(27)23-14-20(25)26/h2-11H,12-14H2,1H3,(H,23,27)(H,25,26)/b11-8+. The van der Waals surface area contributed by atoms with Crippen molar-refractivity contribution in [2.24, 2.45) is 4.99 Å². The number of benzene rings is 2. The van der Waals surface area contributed by atoms with Gasteiger partial charge >= 0.3 is 5.97 Å². The van der Waals surface area contributed by atoms with Gasteiger partial charge in [0.15, 0.2) is 0 Å². The zero-order valence-corrected chi connectivity index (χ0v) is 15.1. The minimum absolute atomic E-state index is 0.395. The Labute approximate surface area is 157 Å². The first-order chi connectivity index (χ1) is 13.0. The summed E-state index contributed by atoms with van der Waals surface area (Å²) in [5.41, 5.74) is 4.54. The van der Waals surface area contributed by atoms with E-state index in [9.17, 15) is 9.59 Å². The van der Waals surface area contributed by atoms with E-state index in [1.807, 2.05) is 36.4 Å². The number of para-hydroxylation sites is 1. The highest BCUT2D eigenvalue weighted by molar-refractivity contribution is 6.14. The lowest BCUT2D eigenvalue weighted by Crippen LogP contribution is -2.29. The van der Waals surface area contributed by atoms with Crippen molar-refractivity contribution in [3.63, 3.8) is 0 Å². The molecule has 2 N–H and O–H groups in total. The van der Waals surface area contributed by atoms with Crippen LogP contribution in [-0.4, -0.2) is 49.4 Å². The van der Waals surface area contributed by atoms with Gasteiger partial charge in [-0.3, -0.25) is 14.6 Å². The molecule has 0 radical (unpaired) electrons. The van der Waals surface area contributed by atoms with E-state index in [2.05, 4.69) is 34.4 Å². The van der Waals surface area contributed by atoms with Crippen LogP contribution in [0.25, 0.3) is 6.08 Å². The zero-order chi connectivity index (χ0) is 19.2. The van der Waals surface area contributed by atoms with Crippen LogP contribution in [0.4, 0.5) is 5.69 Å². The summed E-state index contributed by atoms with van der Waals surface area (Å²) in [6.07, 6.45) is 3.94. The van der Waals surface area contributed by atoms with Crippen molar-refractivity contribution in [3.8, 4) is 0 Å². The first kappa shape index (κ1) is 18.4. The SMILES string of the molecule is CN1CCN=C(/C=C/c2ccc(C(=O)NCC(=O)O)cc2)c2ccccc21. The highest BCUT2D eigenvalue weighted by atomic mass is 16.4. The van der Waals surface area contributed by atoms with E-state index in [1.54, 1.807) is 12.1 Å². The molecule has 138 valence electrons. The first-order valence-electron chi connectivity index (χ1n) is 8.68. The van der Waals surface area contributed by atoms with E-state index in [1.165, 1.54) is 0 Å². The average Bonchev–Trinajstić information content (AvgIpc) is 2.84. The number of carboxylic acids is 1. The molecule has 0 bridgehead atoms. The Morgan fingerprint density at radius 1 is 1.15 bits per heavy atom. The highest BCUT2D eigenvalue weighted by Crippen LogP contribution is 2.23. The second-order valence-electron chi connectivity index (χ2n) is 6.24. The zero-order valence-electron chi connectivity index (χ0n) is 15.1. The van der Waals surface area contributed by atoms with Crippen molar-refractivity contribution < 1.29 is 14.7 Å². The lowest BCUT2D eigenvalue weighted by molar-refractivity contribution is -0.135. The van der Waals surface area contributed by atoms with E-state index in [-0.39, 0.29) is 0 Å². The maximum absolute atomic E-state index is 11.9. The minimum Gasteiger partial charge on any atom is -0.480 e. The molecule has 0 unspecified atom stereocenters. The topological polar surface area (TPSA) is 82.0 Å². The summed E-state index contributed by atoms with van der Waals surface area (Å²) >= 11 is 0. The predicted octanol–water partition coefficient (Wildman–Crippen LogP) is 2.45. The Bertz CT molecular complexity index is 901. The van der Waals surface area contributed by atoms with Crippen molar-refractivity contribution in [2.45, 2.75) is 0 Å². The van der Waals surface area contributed by atoms with Gasteiger partial charge in [-0.25, -0.2) is 0 Å². The average molecular weight is 363 g/mol. The Hall–Kier alpha value is -3.41. The van der Waals surface area contributed by atoms with Gasteiger partial charge in [-0.2, -0.15) is 0 Å². The van der Waals surface area contributed by atoms with Crippen LogP contribution >= 0.6 is 0 Å². The van der Waals surface area contributed by atoms with Gasteiger partial charge in [0.05, 0.1) is 12.3 Å². The number of fused-ring (bicyclic) bond motifs is 1. The molecule has 0 saturated heterocycles. The number of rotatable bonds is 5. The fraction of sp³-hybridized carbons (Fsp3) is 0.190. The number of allylic oxidation sites excluding steroid dienone is 1. The van der Waals surface area contributed by atoms with Gasteiger partial charge in [0.25, 0.3) is 5.91 Å². The number of carbonyl (C=O) groups excluding carboxylic acids is 1. The number of nitrogens with one attached hydrogen (secondary N) is 1. The predicted molar refractivity (Wildman–Crippen MR) is 107 cm³/mol. The molecule has 1 aliphatic rings. The van der Waals surface area contributed by atoms with Crippen molar-refractivity contribution in [2.75, 3.05) is 31.6 Å². The fourth-order valence-electron chi connectivity index (χ4n) is 2.87. The molecule has 2 aromatic carbocycles. The van der Waals surface area contributed by atoms with Crippen LogP contribution in [0.15, 0.2) is 59.6 Å². The molecular formula is C21H21N3O3. The quantitative estimate of drug-likeness (QED) is 0.855. The van der Waals surface area contributed by atoms with Gasteiger partial charge in [-0.05, 0) is 29.8 Å². The third-order valence-corrected chi connectivity index (χ3v) is 4.32.